The molecule has 0 aliphatic rings. The lowest BCUT2D eigenvalue weighted by molar-refractivity contribution is -0.192. The lowest BCUT2D eigenvalue weighted by atomic mass is 10.3. The topological polar surface area (TPSA) is 21.3 Å². The van der Waals surface area contributed by atoms with Crippen molar-refractivity contribution in [2.75, 3.05) is 6.61 Å². The highest BCUT2D eigenvalue weighted by Gasteiger charge is 2.28. The first kappa shape index (κ1) is 13.0. The zero-order valence-electron chi connectivity index (χ0n) is 7.77. The number of alkyl halides is 3. The van der Waals surface area contributed by atoms with Crippen molar-refractivity contribution in [3.63, 3.8) is 0 Å². The van der Waals surface area contributed by atoms with Crippen LogP contribution in [0.2, 0.25) is 0 Å². The van der Waals surface area contributed by atoms with E-state index in [0.717, 1.165) is 8.66 Å². The molecule has 86 valence electrons. The summed E-state index contributed by atoms with van der Waals surface area (Å²) in [5.74, 6) is 0. The lowest BCUT2D eigenvalue weighted by Gasteiger charge is -2.13. The molecule has 0 fully saturated rings. The summed E-state index contributed by atoms with van der Waals surface area (Å²) in [6.07, 6.45) is -4.30. The van der Waals surface area contributed by atoms with Crippen LogP contribution in [0.4, 0.5) is 13.2 Å². The SMILES string of the molecule is CC(NOCC(F)(F)F)c1ccc(Br)s1. The maximum atomic E-state index is 11.7. The van der Waals surface area contributed by atoms with Crippen molar-refractivity contribution >= 4 is 27.3 Å². The Morgan fingerprint density at radius 3 is 2.67 bits per heavy atom. The first-order valence-corrected chi connectivity index (χ1v) is 5.69. The van der Waals surface area contributed by atoms with Crippen LogP contribution in [0.5, 0.6) is 0 Å². The van der Waals surface area contributed by atoms with Crippen molar-refractivity contribution in [3.05, 3.63) is 20.8 Å². The number of rotatable bonds is 4. The van der Waals surface area contributed by atoms with Gasteiger partial charge in [-0.3, -0.25) is 4.84 Å². The molecule has 7 heteroatoms. The first-order valence-electron chi connectivity index (χ1n) is 4.08. The third-order valence-corrected chi connectivity index (χ3v) is 3.32. The zero-order valence-corrected chi connectivity index (χ0v) is 10.2. The molecule has 0 amide bonds. The minimum atomic E-state index is -4.30. The van der Waals surface area contributed by atoms with Crippen molar-refractivity contribution in [2.45, 2.75) is 19.1 Å². The van der Waals surface area contributed by atoms with Crippen molar-refractivity contribution in [2.24, 2.45) is 0 Å². The Labute approximate surface area is 97.5 Å². The molecule has 1 N–H and O–H groups in total. The van der Waals surface area contributed by atoms with Gasteiger partial charge in [-0.2, -0.15) is 18.7 Å². The Kier molecular flexibility index (Phi) is 4.57. The first-order chi connectivity index (χ1) is 6.88. The fourth-order valence-electron chi connectivity index (χ4n) is 0.868. The van der Waals surface area contributed by atoms with Crippen LogP contribution in [0.15, 0.2) is 15.9 Å². The summed E-state index contributed by atoms with van der Waals surface area (Å²) < 4.78 is 36.2. The highest BCUT2D eigenvalue weighted by molar-refractivity contribution is 9.11. The lowest BCUT2D eigenvalue weighted by Crippen LogP contribution is -2.26. The zero-order chi connectivity index (χ0) is 11.5. The second kappa shape index (κ2) is 5.29. The van der Waals surface area contributed by atoms with Crippen LogP contribution in [0.3, 0.4) is 0 Å². The van der Waals surface area contributed by atoms with Crippen molar-refractivity contribution < 1.29 is 18.0 Å². The predicted molar refractivity (Wildman–Crippen MR) is 55.6 cm³/mol. The number of hydroxylamine groups is 1. The van der Waals surface area contributed by atoms with Gasteiger partial charge in [0.05, 0.1) is 9.83 Å². The third kappa shape index (κ3) is 4.96. The fourth-order valence-corrected chi connectivity index (χ4v) is 2.28. The number of halogens is 4. The molecule has 0 saturated heterocycles. The van der Waals surface area contributed by atoms with Crippen LogP contribution in [0.1, 0.15) is 17.8 Å². The van der Waals surface area contributed by atoms with Gasteiger partial charge < -0.3 is 0 Å². The van der Waals surface area contributed by atoms with E-state index in [1.807, 2.05) is 12.1 Å². The average Bonchev–Trinajstić information content (AvgIpc) is 2.49. The quantitative estimate of drug-likeness (QED) is 0.857. The maximum Gasteiger partial charge on any atom is 0.413 e. The molecular weight excluding hydrogens is 295 g/mol. The molecule has 0 saturated carbocycles. The summed E-state index contributed by atoms with van der Waals surface area (Å²) in [5, 5.41) is 0. The van der Waals surface area contributed by atoms with Crippen LogP contribution in [-0.4, -0.2) is 12.8 Å². The van der Waals surface area contributed by atoms with Crippen LogP contribution in [-0.2, 0) is 4.84 Å². The second-order valence-corrected chi connectivity index (χ2v) is 5.38. The van der Waals surface area contributed by atoms with Crippen LogP contribution in [0, 0.1) is 0 Å². The van der Waals surface area contributed by atoms with Gasteiger partial charge in [-0.1, -0.05) is 0 Å². The molecule has 1 aromatic rings. The van der Waals surface area contributed by atoms with E-state index >= 15 is 0 Å². The number of nitrogens with one attached hydrogen (secondary N) is 1. The summed E-state index contributed by atoms with van der Waals surface area (Å²) in [6, 6.07) is 3.40. The van der Waals surface area contributed by atoms with Crippen molar-refractivity contribution in [1.82, 2.24) is 5.48 Å². The molecule has 1 aromatic heterocycles. The number of hydrogen-bond donors (Lipinski definition) is 1. The van der Waals surface area contributed by atoms with E-state index in [1.165, 1.54) is 11.3 Å². The largest absolute Gasteiger partial charge is 0.413 e. The molecule has 15 heavy (non-hydrogen) atoms. The molecule has 1 unspecified atom stereocenters. The number of hydrogen-bond acceptors (Lipinski definition) is 3. The fraction of sp³-hybridized carbons (Fsp3) is 0.500. The van der Waals surface area contributed by atoms with Gasteiger partial charge >= 0.3 is 6.18 Å². The van der Waals surface area contributed by atoms with Crippen LogP contribution < -0.4 is 5.48 Å². The van der Waals surface area contributed by atoms with Gasteiger partial charge in [0.2, 0.25) is 0 Å². The molecule has 0 aromatic carbocycles. The van der Waals surface area contributed by atoms with Gasteiger partial charge in [-0.25, -0.2) is 0 Å². The summed E-state index contributed by atoms with van der Waals surface area (Å²) in [7, 11) is 0. The van der Waals surface area contributed by atoms with E-state index in [1.54, 1.807) is 6.92 Å². The smallest absolute Gasteiger partial charge is 0.292 e. The normalized spacial score (nSPS) is 14.2. The monoisotopic (exact) mass is 303 g/mol. The van der Waals surface area contributed by atoms with Crippen LogP contribution in [0.25, 0.3) is 0 Å². The highest BCUT2D eigenvalue weighted by atomic mass is 79.9. The molecule has 0 bridgehead atoms. The molecule has 1 atom stereocenters. The van der Waals surface area contributed by atoms with Crippen molar-refractivity contribution in [3.8, 4) is 0 Å². The molecular formula is C8H9BrF3NOS. The van der Waals surface area contributed by atoms with Gasteiger partial charge in [0.15, 0.2) is 6.61 Å². The van der Waals surface area contributed by atoms with Gasteiger partial charge in [0.25, 0.3) is 0 Å². The molecule has 0 radical (unpaired) electrons. The standard InChI is InChI=1S/C8H9BrF3NOS/c1-5(6-2-3-7(9)15-6)13-14-4-8(10,11)12/h2-3,5,13H,4H2,1H3. The van der Waals surface area contributed by atoms with Gasteiger partial charge in [-0.05, 0) is 35.0 Å². The van der Waals surface area contributed by atoms with Crippen molar-refractivity contribution in [1.29, 1.82) is 0 Å². The van der Waals surface area contributed by atoms with E-state index in [-0.39, 0.29) is 6.04 Å². The van der Waals surface area contributed by atoms with E-state index in [2.05, 4.69) is 26.2 Å². The summed E-state index contributed by atoms with van der Waals surface area (Å²) >= 11 is 4.72. The van der Waals surface area contributed by atoms with E-state index in [9.17, 15) is 13.2 Å². The number of thiophene rings is 1. The molecule has 1 heterocycles. The third-order valence-electron chi connectivity index (χ3n) is 1.52. The molecule has 0 aliphatic heterocycles. The Hall–Kier alpha value is -0.110. The Morgan fingerprint density at radius 1 is 1.53 bits per heavy atom. The van der Waals surface area contributed by atoms with E-state index in [4.69, 9.17) is 0 Å². The van der Waals surface area contributed by atoms with E-state index < -0.39 is 12.8 Å². The van der Waals surface area contributed by atoms with Crippen LogP contribution >= 0.6 is 27.3 Å². The minimum Gasteiger partial charge on any atom is -0.292 e. The molecule has 2 nitrogen and oxygen atoms in total. The summed E-state index contributed by atoms with van der Waals surface area (Å²) in [6.45, 7) is 0.443. The second-order valence-electron chi connectivity index (χ2n) is 2.89. The predicted octanol–water partition coefficient (Wildman–Crippen LogP) is 3.66. The van der Waals surface area contributed by atoms with Gasteiger partial charge in [-0.15, -0.1) is 11.3 Å². The molecule has 0 aliphatic carbocycles. The molecule has 0 spiro atoms. The van der Waals surface area contributed by atoms with Gasteiger partial charge in [0, 0.05) is 4.88 Å². The summed E-state index contributed by atoms with van der Waals surface area (Å²) in [5.41, 5.74) is 2.34. The Morgan fingerprint density at radius 2 is 2.20 bits per heavy atom. The highest BCUT2D eigenvalue weighted by Crippen LogP contribution is 2.27. The minimum absolute atomic E-state index is 0.261. The van der Waals surface area contributed by atoms with Gasteiger partial charge in [0.1, 0.15) is 0 Å². The maximum absolute atomic E-state index is 11.7. The Bertz CT molecular complexity index is 315. The Balaban J connectivity index is 2.34. The summed E-state index contributed by atoms with van der Waals surface area (Å²) in [4.78, 5) is 5.25. The molecule has 1 rings (SSSR count). The average molecular weight is 304 g/mol. The van der Waals surface area contributed by atoms with E-state index in [0.29, 0.717) is 0 Å².